The lowest BCUT2D eigenvalue weighted by atomic mass is 10.1. The number of anilines is 2. The van der Waals surface area contributed by atoms with Gasteiger partial charge in [0.05, 0.1) is 16.3 Å². The van der Waals surface area contributed by atoms with E-state index in [1.165, 1.54) is 6.07 Å². The van der Waals surface area contributed by atoms with Gasteiger partial charge in [0.2, 0.25) is 0 Å². The van der Waals surface area contributed by atoms with Crippen LogP contribution < -0.4 is 9.80 Å². The molecule has 128 valence electrons. The van der Waals surface area contributed by atoms with Gasteiger partial charge in [-0.1, -0.05) is 46.9 Å². The van der Waals surface area contributed by atoms with Gasteiger partial charge in [-0.2, -0.15) is 0 Å². The number of hydrogen-bond donors (Lipinski definition) is 0. The average molecular weight is 396 g/mol. The van der Waals surface area contributed by atoms with E-state index >= 15 is 0 Å². The minimum absolute atomic E-state index is 0.0728. The molecule has 0 fully saturated rings. The van der Waals surface area contributed by atoms with Crippen molar-refractivity contribution in [3.63, 3.8) is 0 Å². The molecule has 0 aliphatic carbocycles. The van der Waals surface area contributed by atoms with E-state index in [4.69, 9.17) is 34.8 Å². The van der Waals surface area contributed by atoms with Crippen LogP contribution in [-0.4, -0.2) is 25.9 Å². The van der Waals surface area contributed by atoms with Crippen LogP contribution in [0.25, 0.3) is 5.57 Å². The Balaban J connectivity index is 2.06. The van der Waals surface area contributed by atoms with Crippen LogP contribution in [0.3, 0.4) is 0 Å². The maximum Gasteiger partial charge on any atom is 0.277 e. The summed E-state index contributed by atoms with van der Waals surface area (Å²) in [5, 5.41) is 0.521. The quantitative estimate of drug-likeness (QED) is 0.714. The Morgan fingerprint density at radius 2 is 1.64 bits per heavy atom. The van der Waals surface area contributed by atoms with Crippen molar-refractivity contribution in [1.82, 2.24) is 0 Å². The lowest BCUT2D eigenvalue weighted by molar-refractivity contribution is -0.119. The van der Waals surface area contributed by atoms with Crippen LogP contribution in [0.1, 0.15) is 5.56 Å². The fourth-order valence-electron chi connectivity index (χ4n) is 2.57. The van der Waals surface area contributed by atoms with Crippen LogP contribution in [0.2, 0.25) is 10.0 Å². The van der Waals surface area contributed by atoms with E-state index in [2.05, 4.69) is 0 Å². The standard InChI is InChI=1S/C18H13Cl3N2O2/c1-22(2)11-4-3-5-12(9-11)23-17(24)15(16(21)18(23)25)13-7-6-10(19)8-14(13)20/h3-9H,1-2H3. The number of amides is 2. The van der Waals surface area contributed by atoms with Crippen LogP contribution in [0.15, 0.2) is 47.5 Å². The highest BCUT2D eigenvalue weighted by atomic mass is 35.5. The lowest BCUT2D eigenvalue weighted by Crippen LogP contribution is -2.31. The normalized spacial score (nSPS) is 14.5. The number of benzene rings is 2. The van der Waals surface area contributed by atoms with E-state index in [0.29, 0.717) is 16.3 Å². The minimum atomic E-state index is -0.580. The molecule has 0 aromatic heterocycles. The summed E-state index contributed by atoms with van der Waals surface area (Å²) in [6, 6.07) is 11.7. The van der Waals surface area contributed by atoms with Gasteiger partial charge in [0.25, 0.3) is 11.8 Å². The molecule has 25 heavy (non-hydrogen) atoms. The summed E-state index contributed by atoms with van der Waals surface area (Å²) in [6.07, 6.45) is 0. The molecule has 1 aliphatic heterocycles. The first-order chi connectivity index (χ1) is 11.8. The average Bonchev–Trinajstić information content (AvgIpc) is 2.78. The van der Waals surface area contributed by atoms with Crippen LogP contribution in [0, 0.1) is 0 Å². The van der Waals surface area contributed by atoms with Crippen LogP contribution in [0.5, 0.6) is 0 Å². The smallest absolute Gasteiger partial charge is 0.277 e. The Kier molecular flexibility index (Phi) is 4.78. The fourth-order valence-corrected chi connectivity index (χ4v) is 3.34. The first kappa shape index (κ1) is 17.8. The molecule has 0 bridgehead atoms. The number of halogens is 3. The Bertz CT molecular complexity index is 922. The first-order valence-corrected chi connectivity index (χ1v) is 8.46. The number of rotatable bonds is 3. The zero-order valence-electron chi connectivity index (χ0n) is 13.4. The van der Waals surface area contributed by atoms with Crippen LogP contribution in [-0.2, 0) is 9.59 Å². The van der Waals surface area contributed by atoms with Gasteiger partial charge in [0, 0.05) is 30.4 Å². The lowest BCUT2D eigenvalue weighted by Gasteiger charge is -2.18. The van der Waals surface area contributed by atoms with E-state index in [1.54, 1.807) is 30.3 Å². The zero-order valence-corrected chi connectivity index (χ0v) is 15.7. The summed E-state index contributed by atoms with van der Waals surface area (Å²) in [5.74, 6) is -1.10. The highest BCUT2D eigenvalue weighted by molar-refractivity contribution is 6.60. The predicted molar refractivity (Wildman–Crippen MR) is 102 cm³/mol. The molecule has 0 spiro atoms. The molecule has 0 radical (unpaired) electrons. The maximum atomic E-state index is 12.9. The van der Waals surface area contributed by atoms with Crippen molar-refractivity contribution in [3.8, 4) is 0 Å². The summed E-state index contributed by atoms with van der Waals surface area (Å²) in [4.78, 5) is 28.4. The van der Waals surface area contributed by atoms with E-state index in [-0.39, 0.29) is 15.6 Å². The molecule has 2 aromatic carbocycles. The highest BCUT2D eigenvalue weighted by Gasteiger charge is 2.40. The number of nitrogens with zero attached hydrogens (tertiary/aromatic N) is 2. The second-order valence-corrected chi connectivity index (χ2v) is 6.89. The van der Waals surface area contributed by atoms with Gasteiger partial charge >= 0.3 is 0 Å². The zero-order chi connectivity index (χ0) is 18.3. The fraction of sp³-hybridized carbons (Fsp3) is 0.111. The topological polar surface area (TPSA) is 40.6 Å². The predicted octanol–water partition coefficient (Wildman–Crippen LogP) is 4.58. The third kappa shape index (κ3) is 3.13. The monoisotopic (exact) mass is 394 g/mol. The molecule has 2 aromatic rings. The number of imide groups is 1. The molecule has 1 heterocycles. The molecule has 0 saturated carbocycles. The minimum Gasteiger partial charge on any atom is -0.378 e. The van der Waals surface area contributed by atoms with E-state index in [0.717, 1.165) is 10.6 Å². The van der Waals surface area contributed by atoms with Gasteiger partial charge in [-0.3, -0.25) is 9.59 Å². The largest absolute Gasteiger partial charge is 0.378 e. The molecule has 7 heteroatoms. The maximum absolute atomic E-state index is 12.9. The third-order valence-corrected chi connectivity index (χ3v) is 4.73. The van der Waals surface area contributed by atoms with Crippen molar-refractivity contribution < 1.29 is 9.59 Å². The molecule has 1 aliphatic rings. The molecule has 0 unspecified atom stereocenters. The van der Waals surface area contributed by atoms with E-state index in [9.17, 15) is 9.59 Å². The second-order valence-electron chi connectivity index (χ2n) is 5.67. The number of hydrogen-bond acceptors (Lipinski definition) is 3. The van der Waals surface area contributed by atoms with Gasteiger partial charge in [0.1, 0.15) is 5.03 Å². The summed E-state index contributed by atoms with van der Waals surface area (Å²) in [6.45, 7) is 0. The molecular weight excluding hydrogens is 383 g/mol. The summed E-state index contributed by atoms with van der Waals surface area (Å²) >= 11 is 18.3. The summed E-state index contributed by atoms with van der Waals surface area (Å²) in [7, 11) is 3.74. The highest BCUT2D eigenvalue weighted by Crippen LogP contribution is 2.38. The number of carbonyl (C=O) groups is 2. The Morgan fingerprint density at radius 1 is 0.920 bits per heavy atom. The number of carbonyl (C=O) groups excluding carboxylic acids is 2. The summed E-state index contributed by atoms with van der Waals surface area (Å²) < 4.78 is 0. The van der Waals surface area contributed by atoms with Gasteiger partial charge < -0.3 is 4.90 Å². The van der Waals surface area contributed by atoms with Crippen LogP contribution >= 0.6 is 34.8 Å². The third-order valence-electron chi connectivity index (χ3n) is 3.83. The molecule has 3 rings (SSSR count). The molecule has 0 atom stereocenters. The molecule has 0 saturated heterocycles. The van der Waals surface area contributed by atoms with Gasteiger partial charge in [-0.05, 0) is 30.3 Å². The van der Waals surface area contributed by atoms with Crippen molar-refractivity contribution >= 4 is 63.6 Å². The van der Waals surface area contributed by atoms with Crippen molar-refractivity contribution in [3.05, 3.63) is 63.1 Å². The Hall–Kier alpha value is -2.01. The van der Waals surface area contributed by atoms with Crippen molar-refractivity contribution in [2.45, 2.75) is 0 Å². The molecule has 2 amide bonds. The second kappa shape index (κ2) is 6.71. The van der Waals surface area contributed by atoms with Crippen molar-refractivity contribution in [2.75, 3.05) is 23.9 Å². The van der Waals surface area contributed by atoms with Crippen LogP contribution in [0.4, 0.5) is 11.4 Å². The van der Waals surface area contributed by atoms with Gasteiger partial charge in [-0.15, -0.1) is 0 Å². The summed E-state index contributed by atoms with van der Waals surface area (Å²) in [5.41, 5.74) is 1.75. The van der Waals surface area contributed by atoms with Crippen molar-refractivity contribution in [2.24, 2.45) is 0 Å². The molecule has 0 N–H and O–H groups in total. The van der Waals surface area contributed by atoms with Gasteiger partial charge in [-0.25, -0.2) is 4.90 Å². The van der Waals surface area contributed by atoms with Gasteiger partial charge in [0.15, 0.2) is 0 Å². The van der Waals surface area contributed by atoms with Crippen molar-refractivity contribution in [1.29, 1.82) is 0 Å². The molecular formula is C18H13Cl3N2O2. The molecule has 4 nitrogen and oxygen atoms in total. The van der Waals surface area contributed by atoms with E-state index < -0.39 is 11.8 Å². The Labute approximate surface area is 160 Å². The first-order valence-electron chi connectivity index (χ1n) is 7.32. The Morgan fingerprint density at radius 3 is 2.28 bits per heavy atom. The van der Waals surface area contributed by atoms with E-state index in [1.807, 2.05) is 25.1 Å². The SMILES string of the molecule is CN(C)c1cccc(N2C(=O)C(Cl)=C(c3ccc(Cl)cc3Cl)C2=O)c1.